The molecule has 1 fully saturated rings. The molecule has 2 heterocycles. The van der Waals surface area contributed by atoms with Crippen LogP contribution < -0.4 is 10.0 Å². The third kappa shape index (κ3) is 5.91. The summed E-state index contributed by atoms with van der Waals surface area (Å²) in [6, 6.07) is 7.99. The molecule has 0 saturated heterocycles. The van der Waals surface area contributed by atoms with E-state index in [9.17, 15) is 18.0 Å². The number of anilines is 2. The molecule has 7 nitrogen and oxygen atoms in total. The van der Waals surface area contributed by atoms with Crippen LogP contribution in [0.1, 0.15) is 24.2 Å². The van der Waals surface area contributed by atoms with Gasteiger partial charge in [-0.05, 0) is 43.0 Å². The van der Waals surface area contributed by atoms with Gasteiger partial charge in [0.15, 0.2) is 5.69 Å². The molecule has 3 aromatic rings. The van der Waals surface area contributed by atoms with Gasteiger partial charge in [-0.15, -0.1) is 0 Å². The molecule has 1 aromatic carbocycles. The lowest BCUT2D eigenvalue weighted by Crippen LogP contribution is -2.15. The maximum Gasteiger partial charge on any atom is 0.434 e. The van der Waals surface area contributed by atoms with Gasteiger partial charge in [-0.1, -0.05) is 12.1 Å². The molecule has 2 aromatic heterocycles. The number of nitrogens with zero attached hydrogens (tertiary/aromatic N) is 4. The van der Waals surface area contributed by atoms with Crippen LogP contribution in [0.3, 0.4) is 0 Å². The van der Waals surface area contributed by atoms with Crippen molar-refractivity contribution in [1.82, 2.24) is 19.9 Å². The number of aromatic nitrogens is 4. The summed E-state index contributed by atoms with van der Waals surface area (Å²) in [6.07, 6.45) is 1.38. The predicted octanol–water partition coefficient (Wildman–Crippen LogP) is 4.36. The van der Waals surface area contributed by atoms with E-state index < -0.39 is 11.9 Å². The van der Waals surface area contributed by atoms with Crippen LogP contribution in [0.4, 0.5) is 24.8 Å². The van der Waals surface area contributed by atoms with E-state index in [1.54, 1.807) is 48.5 Å². The highest BCUT2D eigenvalue weighted by Crippen LogP contribution is 2.33. The van der Waals surface area contributed by atoms with Gasteiger partial charge in [-0.25, -0.2) is 15.0 Å². The molecule has 2 N–H and O–H groups in total. The number of alkyl halides is 3. The number of carbonyl (C=O) groups is 1. The van der Waals surface area contributed by atoms with Crippen molar-refractivity contribution in [1.29, 1.82) is 0 Å². The van der Waals surface area contributed by atoms with Crippen molar-refractivity contribution in [3.05, 3.63) is 60.3 Å². The van der Waals surface area contributed by atoms with Crippen LogP contribution in [0.2, 0.25) is 0 Å². The Labute approximate surface area is 180 Å². The molecule has 1 amide bonds. The average Bonchev–Trinajstić information content (AvgIpc) is 3.57. The van der Waals surface area contributed by atoms with E-state index in [1.807, 2.05) is 0 Å². The highest BCUT2D eigenvalue weighted by molar-refractivity contribution is 8.01. The molecule has 1 aliphatic carbocycles. The number of carbonyl (C=O) groups excluding carboxylic acids is 1. The number of amides is 1. The van der Waals surface area contributed by atoms with Crippen molar-refractivity contribution < 1.29 is 18.0 Å². The highest BCUT2D eigenvalue weighted by Gasteiger charge is 2.33. The van der Waals surface area contributed by atoms with E-state index in [4.69, 9.17) is 0 Å². The van der Waals surface area contributed by atoms with E-state index >= 15 is 0 Å². The Morgan fingerprint density at radius 1 is 1.10 bits per heavy atom. The number of hydrogen-bond acceptors (Lipinski definition) is 7. The monoisotopic (exact) mass is 446 g/mol. The molecule has 31 heavy (non-hydrogen) atoms. The van der Waals surface area contributed by atoms with Crippen LogP contribution in [0, 0.1) is 0 Å². The predicted molar refractivity (Wildman–Crippen MR) is 111 cm³/mol. The van der Waals surface area contributed by atoms with E-state index in [-0.39, 0.29) is 18.0 Å². The zero-order chi connectivity index (χ0) is 21.8. The summed E-state index contributed by atoms with van der Waals surface area (Å²) in [5.41, 5.74) is 0.568. The fourth-order valence-corrected chi connectivity index (χ4v) is 3.34. The zero-order valence-corrected chi connectivity index (χ0v) is 16.9. The van der Waals surface area contributed by atoms with Crippen molar-refractivity contribution in [2.75, 3.05) is 10.0 Å². The molecule has 160 valence electrons. The fraction of sp³-hybridized carbons (Fsp3) is 0.250. The number of halogens is 3. The van der Waals surface area contributed by atoms with Crippen molar-refractivity contribution in [3.8, 4) is 11.3 Å². The standard InChI is InChI=1S/C20H17F3N6OS/c21-20(22,23)17-11-24-10-16(28-17)12-1-3-13(4-2-12)26-18(30)9-14-7-8-25-19(27-14)29-31-15-5-6-15/h1-4,7-8,10-11,15H,5-6,9H2,(H,26,30)(H,25,27,29). The summed E-state index contributed by atoms with van der Waals surface area (Å²) in [5.74, 6) is 0.194. The second-order valence-electron chi connectivity index (χ2n) is 6.88. The minimum atomic E-state index is -4.57. The summed E-state index contributed by atoms with van der Waals surface area (Å²) in [4.78, 5) is 28.0. The van der Waals surface area contributed by atoms with Crippen molar-refractivity contribution in [3.63, 3.8) is 0 Å². The van der Waals surface area contributed by atoms with E-state index in [2.05, 4.69) is 30.0 Å². The van der Waals surface area contributed by atoms with Crippen molar-refractivity contribution in [2.24, 2.45) is 0 Å². The number of hydrogen-bond donors (Lipinski definition) is 2. The Bertz CT molecular complexity index is 1070. The molecule has 1 aliphatic rings. The number of nitrogens with one attached hydrogen (secondary N) is 2. The Hall–Kier alpha value is -3.21. The summed E-state index contributed by atoms with van der Waals surface area (Å²) < 4.78 is 41.5. The second kappa shape index (κ2) is 8.88. The lowest BCUT2D eigenvalue weighted by molar-refractivity contribution is -0.141. The molecule has 0 atom stereocenters. The van der Waals surface area contributed by atoms with Gasteiger partial charge in [0.2, 0.25) is 11.9 Å². The average molecular weight is 446 g/mol. The molecular weight excluding hydrogens is 429 g/mol. The Morgan fingerprint density at radius 2 is 1.87 bits per heavy atom. The van der Waals surface area contributed by atoms with Crippen LogP contribution in [0.5, 0.6) is 0 Å². The zero-order valence-electron chi connectivity index (χ0n) is 16.1. The molecular formula is C20H17F3N6OS. The van der Waals surface area contributed by atoms with Gasteiger partial charge in [-0.2, -0.15) is 13.2 Å². The third-order valence-corrected chi connectivity index (χ3v) is 5.39. The van der Waals surface area contributed by atoms with Gasteiger partial charge in [0.05, 0.1) is 30.2 Å². The lowest BCUT2D eigenvalue weighted by atomic mass is 10.1. The normalized spacial score (nSPS) is 13.6. The van der Waals surface area contributed by atoms with Gasteiger partial charge >= 0.3 is 6.18 Å². The quantitative estimate of drug-likeness (QED) is 0.521. The van der Waals surface area contributed by atoms with Crippen LogP contribution in [-0.2, 0) is 17.4 Å². The lowest BCUT2D eigenvalue weighted by Gasteiger charge is -2.09. The summed E-state index contributed by atoms with van der Waals surface area (Å²) in [6.45, 7) is 0. The largest absolute Gasteiger partial charge is 0.434 e. The maximum atomic E-state index is 12.8. The van der Waals surface area contributed by atoms with Crippen LogP contribution in [0.15, 0.2) is 48.9 Å². The van der Waals surface area contributed by atoms with Gasteiger partial charge in [0.25, 0.3) is 0 Å². The Morgan fingerprint density at radius 3 is 2.58 bits per heavy atom. The van der Waals surface area contributed by atoms with Crippen LogP contribution in [0.25, 0.3) is 11.3 Å². The highest BCUT2D eigenvalue weighted by atomic mass is 32.2. The Balaban J connectivity index is 1.37. The molecule has 0 unspecified atom stereocenters. The molecule has 11 heteroatoms. The van der Waals surface area contributed by atoms with Gasteiger partial charge in [0.1, 0.15) is 0 Å². The summed E-state index contributed by atoms with van der Waals surface area (Å²) in [7, 11) is 0. The van der Waals surface area contributed by atoms with E-state index in [1.165, 1.54) is 19.0 Å². The van der Waals surface area contributed by atoms with Crippen LogP contribution >= 0.6 is 11.9 Å². The third-order valence-electron chi connectivity index (χ3n) is 4.29. The topological polar surface area (TPSA) is 92.7 Å². The molecule has 0 bridgehead atoms. The molecule has 0 aliphatic heterocycles. The van der Waals surface area contributed by atoms with Crippen molar-refractivity contribution >= 4 is 29.5 Å². The minimum Gasteiger partial charge on any atom is -0.326 e. The van der Waals surface area contributed by atoms with Crippen LogP contribution in [-0.4, -0.2) is 31.1 Å². The van der Waals surface area contributed by atoms with Gasteiger partial charge in [-0.3, -0.25) is 14.5 Å². The van der Waals surface area contributed by atoms with E-state index in [0.29, 0.717) is 34.3 Å². The first-order valence-electron chi connectivity index (χ1n) is 9.40. The van der Waals surface area contributed by atoms with Crippen molar-refractivity contribution in [2.45, 2.75) is 30.7 Å². The SMILES string of the molecule is O=C(Cc1ccnc(NSC2CC2)n1)Nc1ccc(-c2cncc(C(F)(F)F)n2)cc1. The van der Waals surface area contributed by atoms with E-state index in [0.717, 1.165) is 0 Å². The second-order valence-corrected chi connectivity index (χ2v) is 7.99. The first-order chi connectivity index (χ1) is 14.9. The first-order valence-corrected chi connectivity index (χ1v) is 10.3. The molecule has 0 spiro atoms. The molecule has 4 rings (SSSR count). The Kier molecular flexibility index (Phi) is 6.03. The molecule has 1 saturated carbocycles. The minimum absolute atomic E-state index is 0.0617. The summed E-state index contributed by atoms with van der Waals surface area (Å²) in [5, 5.41) is 3.34. The number of rotatable bonds is 7. The summed E-state index contributed by atoms with van der Waals surface area (Å²) >= 11 is 1.58. The van der Waals surface area contributed by atoms with Gasteiger partial charge < -0.3 is 5.32 Å². The van der Waals surface area contributed by atoms with Gasteiger partial charge in [0, 0.05) is 22.7 Å². The smallest absolute Gasteiger partial charge is 0.326 e. The molecule has 0 radical (unpaired) electrons. The fourth-order valence-electron chi connectivity index (χ4n) is 2.60. The maximum absolute atomic E-state index is 12.8. The first kappa shape index (κ1) is 21.0. The number of benzene rings is 1.